The number of thiazole rings is 1. The molecule has 6 nitrogen and oxygen atoms in total. The molecule has 1 fully saturated rings. The van der Waals surface area contributed by atoms with E-state index in [9.17, 15) is 9.59 Å². The van der Waals surface area contributed by atoms with Crippen molar-refractivity contribution in [2.45, 2.75) is 51.6 Å². The van der Waals surface area contributed by atoms with Gasteiger partial charge in [-0.25, -0.2) is 4.98 Å². The van der Waals surface area contributed by atoms with Gasteiger partial charge in [-0.15, -0.1) is 11.3 Å². The highest BCUT2D eigenvalue weighted by atomic mass is 32.1. The van der Waals surface area contributed by atoms with Gasteiger partial charge in [0.2, 0.25) is 11.8 Å². The molecule has 1 aromatic heterocycles. The lowest BCUT2D eigenvalue weighted by molar-refractivity contribution is -0.122. The quantitative estimate of drug-likeness (QED) is 0.795. The fourth-order valence-corrected chi connectivity index (χ4v) is 5.00. The maximum atomic E-state index is 12.6. The number of hydrogen-bond donors (Lipinski definition) is 1. The van der Waals surface area contributed by atoms with E-state index in [1.54, 1.807) is 7.11 Å². The predicted molar refractivity (Wildman–Crippen MR) is 115 cm³/mol. The van der Waals surface area contributed by atoms with Crippen molar-refractivity contribution in [3.63, 3.8) is 0 Å². The highest BCUT2D eigenvalue weighted by Gasteiger charge is 2.28. The number of aromatic nitrogens is 1. The molecule has 29 heavy (non-hydrogen) atoms. The highest BCUT2D eigenvalue weighted by molar-refractivity contribution is 7.14. The molecule has 0 radical (unpaired) electrons. The van der Waals surface area contributed by atoms with E-state index in [4.69, 9.17) is 4.74 Å². The van der Waals surface area contributed by atoms with E-state index in [1.807, 2.05) is 29.3 Å². The smallest absolute Gasteiger partial charge is 0.229 e. The molecule has 0 unspecified atom stereocenters. The van der Waals surface area contributed by atoms with Gasteiger partial charge in [0.25, 0.3) is 0 Å². The Hall–Kier alpha value is -2.25. The first-order valence-corrected chi connectivity index (χ1v) is 11.2. The Balaban J connectivity index is 1.44. The average Bonchev–Trinajstić information content (AvgIpc) is 3.39. The van der Waals surface area contributed by atoms with E-state index in [1.165, 1.54) is 16.9 Å². The van der Waals surface area contributed by atoms with Crippen molar-refractivity contribution in [3.05, 3.63) is 29.1 Å². The molecule has 1 N–H and O–H groups in total. The molecule has 2 aromatic rings. The Morgan fingerprint density at radius 3 is 3.00 bits per heavy atom. The zero-order chi connectivity index (χ0) is 20.4. The van der Waals surface area contributed by atoms with Gasteiger partial charge in [0.05, 0.1) is 11.8 Å². The third-order valence-corrected chi connectivity index (χ3v) is 6.70. The summed E-state index contributed by atoms with van der Waals surface area (Å²) in [4.78, 5) is 31.2. The van der Waals surface area contributed by atoms with Crippen LogP contribution in [-0.4, -0.2) is 36.6 Å². The molecule has 2 amide bonds. The minimum atomic E-state index is -0.0110. The van der Waals surface area contributed by atoms with Crippen LogP contribution in [0.1, 0.15) is 44.6 Å². The molecular formula is C22H27N3O3S. The fourth-order valence-electron chi connectivity index (χ4n) is 4.28. The lowest BCUT2D eigenvalue weighted by atomic mass is 9.86. The summed E-state index contributed by atoms with van der Waals surface area (Å²) in [6, 6.07) is 6.13. The zero-order valence-corrected chi connectivity index (χ0v) is 17.8. The molecule has 2 atom stereocenters. The van der Waals surface area contributed by atoms with Crippen LogP contribution in [0.4, 0.5) is 10.8 Å². The van der Waals surface area contributed by atoms with Crippen molar-refractivity contribution in [1.82, 2.24) is 4.98 Å². The molecule has 154 valence electrons. The number of methoxy groups -OCH3 is 1. The predicted octanol–water partition coefficient (Wildman–Crippen LogP) is 4.25. The van der Waals surface area contributed by atoms with Gasteiger partial charge in [-0.1, -0.05) is 19.4 Å². The number of fused-ring (bicyclic) bond motifs is 1. The summed E-state index contributed by atoms with van der Waals surface area (Å²) in [5.74, 6) is 0.187. The van der Waals surface area contributed by atoms with Crippen molar-refractivity contribution >= 4 is 34.0 Å². The van der Waals surface area contributed by atoms with Crippen LogP contribution in [0.2, 0.25) is 0 Å². The van der Waals surface area contributed by atoms with Gasteiger partial charge in [0.1, 0.15) is 0 Å². The highest BCUT2D eigenvalue weighted by Crippen LogP contribution is 2.34. The standard InChI is InChI=1S/C22H27N3O3S/c1-3-20(26)25-10-9-15-11-14(7-8-19(15)25)18-13-29-22(23-18)24-21(27)16-5-4-6-17(12-16)28-2/h7-8,11,13,16-17H,3-6,9-10,12H2,1-2H3,(H,23,24,27)/t16-,17+/m1/s1. The number of carbonyl (C=O) groups is 2. The van der Waals surface area contributed by atoms with Crippen molar-refractivity contribution in [2.24, 2.45) is 5.92 Å². The number of ether oxygens (including phenoxy) is 1. The van der Waals surface area contributed by atoms with Crippen LogP contribution >= 0.6 is 11.3 Å². The molecule has 7 heteroatoms. The molecule has 1 aromatic carbocycles. The Kier molecular flexibility index (Phi) is 5.96. The first kappa shape index (κ1) is 20.0. The fraction of sp³-hybridized carbons (Fsp3) is 0.500. The van der Waals surface area contributed by atoms with Crippen LogP contribution in [0.5, 0.6) is 0 Å². The second kappa shape index (κ2) is 8.63. The average molecular weight is 414 g/mol. The van der Waals surface area contributed by atoms with Crippen LogP contribution < -0.4 is 10.2 Å². The summed E-state index contributed by atoms with van der Waals surface area (Å²) in [6.07, 6.45) is 5.29. The van der Waals surface area contributed by atoms with E-state index in [-0.39, 0.29) is 23.8 Å². The lowest BCUT2D eigenvalue weighted by Crippen LogP contribution is -2.30. The van der Waals surface area contributed by atoms with Crippen molar-refractivity contribution in [1.29, 1.82) is 0 Å². The van der Waals surface area contributed by atoms with Crippen molar-refractivity contribution in [2.75, 3.05) is 23.9 Å². The molecular weight excluding hydrogens is 386 g/mol. The third kappa shape index (κ3) is 4.21. The summed E-state index contributed by atoms with van der Waals surface area (Å²) in [5.41, 5.74) is 4.06. The summed E-state index contributed by atoms with van der Waals surface area (Å²) in [5, 5.41) is 5.59. The van der Waals surface area contributed by atoms with Crippen molar-refractivity contribution < 1.29 is 14.3 Å². The SMILES string of the molecule is CCC(=O)N1CCc2cc(-c3csc(NC(=O)[C@@H]4CCC[C@H](OC)C4)n3)ccc21. The molecule has 0 spiro atoms. The minimum Gasteiger partial charge on any atom is -0.381 e. The molecule has 4 rings (SSSR count). The summed E-state index contributed by atoms with van der Waals surface area (Å²) >= 11 is 1.45. The number of amides is 2. The van der Waals surface area contributed by atoms with Crippen LogP contribution in [-0.2, 0) is 20.7 Å². The van der Waals surface area contributed by atoms with Crippen LogP contribution in [0.15, 0.2) is 23.6 Å². The van der Waals surface area contributed by atoms with Gasteiger partial charge in [0, 0.05) is 42.6 Å². The topological polar surface area (TPSA) is 71.5 Å². The lowest BCUT2D eigenvalue weighted by Gasteiger charge is -2.26. The summed E-state index contributed by atoms with van der Waals surface area (Å²) < 4.78 is 5.43. The molecule has 1 aliphatic carbocycles. The van der Waals surface area contributed by atoms with Gasteiger partial charge in [0.15, 0.2) is 5.13 Å². The van der Waals surface area contributed by atoms with E-state index >= 15 is 0 Å². The van der Waals surface area contributed by atoms with Gasteiger partial charge < -0.3 is 15.0 Å². The second-order valence-corrected chi connectivity index (χ2v) is 8.60. The third-order valence-electron chi connectivity index (χ3n) is 5.94. The number of hydrogen-bond acceptors (Lipinski definition) is 5. The summed E-state index contributed by atoms with van der Waals surface area (Å²) in [6.45, 7) is 2.64. The largest absolute Gasteiger partial charge is 0.381 e. The van der Waals surface area contributed by atoms with Gasteiger partial charge in [-0.05, 0) is 43.4 Å². The molecule has 0 saturated heterocycles. The van der Waals surface area contributed by atoms with Gasteiger partial charge in [-0.2, -0.15) is 0 Å². The number of anilines is 2. The number of nitrogens with one attached hydrogen (secondary N) is 1. The Morgan fingerprint density at radius 1 is 1.34 bits per heavy atom. The van der Waals surface area contributed by atoms with Crippen LogP contribution in [0.3, 0.4) is 0 Å². The molecule has 2 aliphatic rings. The Bertz CT molecular complexity index is 910. The van der Waals surface area contributed by atoms with E-state index < -0.39 is 0 Å². The van der Waals surface area contributed by atoms with Crippen LogP contribution in [0, 0.1) is 5.92 Å². The maximum absolute atomic E-state index is 12.6. The number of nitrogens with zero attached hydrogens (tertiary/aromatic N) is 2. The molecule has 2 heterocycles. The maximum Gasteiger partial charge on any atom is 0.229 e. The van der Waals surface area contributed by atoms with Crippen molar-refractivity contribution in [3.8, 4) is 11.3 Å². The Labute approximate surface area is 175 Å². The molecule has 1 saturated carbocycles. The Morgan fingerprint density at radius 2 is 2.21 bits per heavy atom. The number of rotatable bonds is 5. The minimum absolute atomic E-state index is 0.0110. The van der Waals surface area contributed by atoms with E-state index in [2.05, 4.69) is 16.4 Å². The van der Waals surface area contributed by atoms with Crippen LogP contribution in [0.25, 0.3) is 11.3 Å². The van der Waals surface area contributed by atoms with Gasteiger partial charge in [-0.3, -0.25) is 9.59 Å². The first-order valence-electron chi connectivity index (χ1n) is 10.3. The van der Waals surface area contributed by atoms with E-state index in [0.717, 1.165) is 55.6 Å². The number of benzene rings is 1. The molecule has 1 aliphatic heterocycles. The monoisotopic (exact) mass is 413 g/mol. The number of carbonyl (C=O) groups excluding carboxylic acids is 2. The normalized spacial score (nSPS) is 21.1. The van der Waals surface area contributed by atoms with E-state index in [0.29, 0.717) is 11.6 Å². The first-order chi connectivity index (χ1) is 14.1. The second-order valence-electron chi connectivity index (χ2n) is 7.74. The molecule has 0 bridgehead atoms. The summed E-state index contributed by atoms with van der Waals surface area (Å²) in [7, 11) is 1.71. The zero-order valence-electron chi connectivity index (χ0n) is 16.9. The van der Waals surface area contributed by atoms with Gasteiger partial charge >= 0.3 is 0 Å².